The number of rotatable bonds is 4. The summed E-state index contributed by atoms with van der Waals surface area (Å²) in [6.07, 6.45) is -2.35. The van der Waals surface area contributed by atoms with Crippen molar-refractivity contribution in [2.75, 3.05) is 0 Å². The van der Waals surface area contributed by atoms with E-state index in [1.54, 1.807) is 6.07 Å². The highest BCUT2D eigenvalue weighted by Gasteiger charge is 2.29. The third-order valence-corrected chi connectivity index (χ3v) is 2.57. The Morgan fingerprint density at radius 2 is 1.80 bits per heavy atom. The van der Waals surface area contributed by atoms with E-state index < -0.39 is 11.7 Å². The quantitative estimate of drug-likeness (QED) is 0.805. The number of carbonyl (C=O) groups excluding carboxylic acids is 1. The summed E-state index contributed by atoms with van der Waals surface area (Å²) in [7, 11) is 0. The van der Waals surface area contributed by atoms with E-state index in [1.165, 1.54) is 24.4 Å². The van der Waals surface area contributed by atoms with Crippen molar-refractivity contribution >= 4 is 6.29 Å². The van der Waals surface area contributed by atoms with Crippen LogP contribution < -0.4 is 4.74 Å². The van der Waals surface area contributed by atoms with Gasteiger partial charge in [0.15, 0.2) is 6.29 Å². The number of hydrogen-bond acceptors (Lipinski definition) is 3. The molecule has 1 aromatic heterocycles. The number of halogens is 3. The van der Waals surface area contributed by atoms with Gasteiger partial charge >= 0.3 is 6.18 Å². The highest BCUT2D eigenvalue weighted by atomic mass is 19.4. The standard InChI is InChI=1S/C14H10F3NO2/c15-14(16,17)11-3-1-10(2-4-11)9-20-13-6-5-12(8-19)18-7-13/h1-8H,9H2. The van der Waals surface area contributed by atoms with Crippen LogP contribution in [-0.2, 0) is 12.8 Å². The zero-order valence-electron chi connectivity index (χ0n) is 10.2. The van der Waals surface area contributed by atoms with Crippen LogP contribution in [0.5, 0.6) is 5.75 Å². The maximum Gasteiger partial charge on any atom is 0.416 e. The highest BCUT2D eigenvalue weighted by molar-refractivity contribution is 5.71. The molecular weight excluding hydrogens is 271 g/mol. The lowest BCUT2D eigenvalue weighted by Crippen LogP contribution is -2.05. The largest absolute Gasteiger partial charge is 0.487 e. The molecule has 3 nitrogen and oxygen atoms in total. The van der Waals surface area contributed by atoms with Crippen molar-refractivity contribution in [1.82, 2.24) is 4.98 Å². The number of carbonyl (C=O) groups is 1. The average molecular weight is 281 g/mol. The number of aromatic nitrogens is 1. The Balaban J connectivity index is 1.98. The molecular formula is C14H10F3NO2. The lowest BCUT2D eigenvalue weighted by Gasteiger charge is -2.09. The summed E-state index contributed by atoms with van der Waals surface area (Å²) >= 11 is 0. The SMILES string of the molecule is O=Cc1ccc(OCc2ccc(C(F)(F)F)cc2)cn1. The molecule has 0 saturated heterocycles. The first-order valence-corrected chi connectivity index (χ1v) is 5.69. The number of hydrogen-bond donors (Lipinski definition) is 0. The molecule has 0 bridgehead atoms. The third kappa shape index (κ3) is 3.57. The second-order valence-corrected chi connectivity index (χ2v) is 4.02. The average Bonchev–Trinajstić information content (AvgIpc) is 2.45. The molecule has 0 N–H and O–H groups in total. The van der Waals surface area contributed by atoms with E-state index in [0.717, 1.165) is 12.1 Å². The Morgan fingerprint density at radius 3 is 2.30 bits per heavy atom. The fraction of sp³-hybridized carbons (Fsp3) is 0.143. The van der Waals surface area contributed by atoms with E-state index in [1.807, 2.05) is 0 Å². The number of pyridine rings is 1. The molecule has 20 heavy (non-hydrogen) atoms. The Hall–Kier alpha value is -2.37. The van der Waals surface area contributed by atoms with Crippen LogP contribution >= 0.6 is 0 Å². The van der Waals surface area contributed by atoms with Crippen molar-refractivity contribution in [2.24, 2.45) is 0 Å². The van der Waals surface area contributed by atoms with E-state index in [4.69, 9.17) is 4.74 Å². The molecule has 1 aromatic carbocycles. The lowest BCUT2D eigenvalue weighted by atomic mass is 10.1. The zero-order valence-corrected chi connectivity index (χ0v) is 10.2. The molecule has 0 aliphatic carbocycles. The Labute approximate surface area is 113 Å². The summed E-state index contributed by atoms with van der Waals surface area (Å²) < 4.78 is 42.5. The van der Waals surface area contributed by atoms with Gasteiger partial charge in [-0.25, -0.2) is 4.98 Å². The van der Waals surface area contributed by atoms with Gasteiger partial charge in [0.1, 0.15) is 18.1 Å². The molecule has 104 valence electrons. The third-order valence-electron chi connectivity index (χ3n) is 2.57. The van der Waals surface area contributed by atoms with Gasteiger partial charge in [-0.15, -0.1) is 0 Å². The molecule has 0 aliphatic rings. The summed E-state index contributed by atoms with van der Waals surface area (Å²) in [5, 5.41) is 0. The van der Waals surface area contributed by atoms with Gasteiger partial charge in [-0.05, 0) is 29.8 Å². The van der Waals surface area contributed by atoms with E-state index in [0.29, 0.717) is 17.6 Å². The van der Waals surface area contributed by atoms with Crippen LogP contribution in [0.25, 0.3) is 0 Å². The first-order chi connectivity index (χ1) is 9.49. The predicted molar refractivity (Wildman–Crippen MR) is 65.4 cm³/mol. The van der Waals surface area contributed by atoms with Gasteiger partial charge in [0, 0.05) is 0 Å². The van der Waals surface area contributed by atoms with E-state index in [-0.39, 0.29) is 12.3 Å². The van der Waals surface area contributed by atoms with Gasteiger partial charge in [-0.1, -0.05) is 12.1 Å². The first-order valence-electron chi connectivity index (χ1n) is 5.69. The molecule has 0 fully saturated rings. The maximum absolute atomic E-state index is 12.4. The van der Waals surface area contributed by atoms with Crippen molar-refractivity contribution in [3.8, 4) is 5.75 Å². The molecule has 0 saturated carbocycles. The number of benzene rings is 1. The van der Waals surface area contributed by atoms with Crippen LogP contribution in [0.2, 0.25) is 0 Å². The van der Waals surface area contributed by atoms with Crippen LogP contribution in [0.15, 0.2) is 42.6 Å². The van der Waals surface area contributed by atoms with Gasteiger partial charge in [0.05, 0.1) is 11.8 Å². The Bertz CT molecular complexity index is 577. The molecule has 0 amide bonds. The number of ether oxygens (including phenoxy) is 1. The monoisotopic (exact) mass is 281 g/mol. The molecule has 2 rings (SSSR count). The molecule has 1 heterocycles. The van der Waals surface area contributed by atoms with Crippen LogP contribution in [0.3, 0.4) is 0 Å². The highest BCUT2D eigenvalue weighted by Crippen LogP contribution is 2.29. The maximum atomic E-state index is 12.4. The van der Waals surface area contributed by atoms with Gasteiger partial charge in [-0.3, -0.25) is 4.79 Å². The van der Waals surface area contributed by atoms with Crippen LogP contribution in [0.4, 0.5) is 13.2 Å². The summed E-state index contributed by atoms with van der Waals surface area (Å²) in [4.78, 5) is 14.2. The topological polar surface area (TPSA) is 39.2 Å². The van der Waals surface area contributed by atoms with Crippen LogP contribution in [0, 0.1) is 0 Å². The first kappa shape index (κ1) is 14.0. The summed E-state index contributed by atoms with van der Waals surface area (Å²) in [6, 6.07) is 7.79. The fourth-order valence-electron chi connectivity index (χ4n) is 1.50. The molecule has 0 aliphatic heterocycles. The normalized spacial score (nSPS) is 11.2. The fourth-order valence-corrected chi connectivity index (χ4v) is 1.50. The Morgan fingerprint density at radius 1 is 1.10 bits per heavy atom. The van der Waals surface area contributed by atoms with Crippen LogP contribution in [0.1, 0.15) is 21.6 Å². The smallest absolute Gasteiger partial charge is 0.416 e. The summed E-state index contributed by atoms with van der Waals surface area (Å²) in [5.74, 6) is 0.440. The summed E-state index contributed by atoms with van der Waals surface area (Å²) in [5.41, 5.74) is 0.197. The second-order valence-electron chi connectivity index (χ2n) is 4.02. The minimum atomic E-state index is -4.34. The van der Waals surface area contributed by atoms with E-state index in [9.17, 15) is 18.0 Å². The van der Waals surface area contributed by atoms with Gasteiger partial charge in [0.2, 0.25) is 0 Å². The van der Waals surface area contributed by atoms with Gasteiger partial charge in [0.25, 0.3) is 0 Å². The predicted octanol–water partition coefficient (Wildman–Crippen LogP) is 3.49. The number of alkyl halides is 3. The van der Waals surface area contributed by atoms with Crippen LogP contribution in [-0.4, -0.2) is 11.3 Å². The van der Waals surface area contributed by atoms with Gasteiger partial charge < -0.3 is 4.74 Å². The van der Waals surface area contributed by atoms with E-state index >= 15 is 0 Å². The van der Waals surface area contributed by atoms with Crippen molar-refractivity contribution < 1.29 is 22.7 Å². The lowest BCUT2D eigenvalue weighted by molar-refractivity contribution is -0.137. The summed E-state index contributed by atoms with van der Waals surface area (Å²) in [6.45, 7) is 0.125. The Kier molecular flexibility index (Phi) is 4.02. The van der Waals surface area contributed by atoms with E-state index in [2.05, 4.69) is 4.98 Å². The minimum absolute atomic E-state index is 0.125. The minimum Gasteiger partial charge on any atom is -0.487 e. The van der Waals surface area contributed by atoms with Crippen molar-refractivity contribution in [2.45, 2.75) is 12.8 Å². The number of nitrogens with zero attached hydrogens (tertiary/aromatic N) is 1. The molecule has 2 aromatic rings. The van der Waals surface area contributed by atoms with Crippen molar-refractivity contribution in [3.63, 3.8) is 0 Å². The molecule has 0 radical (unpaired) electrons. The zero-order chi connectivity index (χ0) is 14.6. The second kappa shape index (κ2) is 5.73. The van der Waals surface area contributed by atoms with Crippen molar-refractivity contribution in [3.05, 3.63) is 59.4 Å². The van der Waals surface area contributed by atoms with Crippen molar-refractivity contribution in [1.29, 1.82) is 0 Å². The molecule has 0 unspecified atom stereocenters. The molecule has 6 heteroatoms. The van der Waals surface area contributed by atoms with Gasteiger partial charge in [-0.2, -0.15) is 13.2 Å². The number of aldehydes is 1. The molecule has 0 atom stereocenters. The molecule has 0 spiro atoms.